The molecule has 1 aliphatic rings. The van der Waals surface area contributed by atoms with Crippen molar-refractivity contribution in [3.8, 4) is 5.75 Å². The van der Waals surface area contributed by atoms with Gasteiger partial charge in [-0.05, 0) is 55.3 Å². The molecule has 0 bridgehead atoms. The Morgan fingerprint density at radius 1 is 1.28 bits per heavy atom. The van der Waals surface area contributed by atoms with Crippen LogP contribution in [0.2, 0.25) is 5.02 Å². The number of likely N-dealkylation sites (tertiary alicyclic amines) is 1. The van der Waals surface area contributed by atoms with Gasteiger partial charge in [0.15, 0.2) is 0 Å². The van der Waals surface area contributed by atoms with E-state index < -0.39 is 5.82 Å². The van der Waals surface area contributed by atoms with Gasteiger partial charge in [-0.15, -0.1) is 0 Å². The van der Waals surface area contributed by atoms with Gasteiger partial charge in [0.05, 0.1) is 12.7 Å². The van der Waals surface area contributed by atoms with Gasteiger partial charge in [0.1, 0.15) is 11.6 Å². The maximum absolute atomic E-state index is 14.0. The number of benzene rings is 2. The van der Waals surface area contributed by atoms with Crippen molar-refractivity contribution in [2.45, 2.75) is 18.9 Å². The average molecular weight is 363 g/mol. The number of hydrogen-bond acceptors (Lipinski definition) is 3. The first kappa shape index (κ1) is 17.5. The highest BCUT2D eigenvalue weighted by atomic mass is 35.5. The van der Waals surface area contributed by atoms with E-state index in [9.17, 15) is 9.18 Å². The summed E-state index contributed by atoms with van der Waals surface area (Å²) < 4.78 is 19.2. The Morgan fingerprint density at radius 2 is 2.04 bits per heavy atom. The van der Waals surface area contributed by atoms with Gasteiger partial charge in [-0.25, -0.2) is 4.39 Å². The second-order valence-corrected chi connectivity index (χ2v) is 6.52. The standard InChI is InChI=1S/C19H20ClFN2O2/c1-25-16-7-5-14(6-8-16)22-15-3-2-10-23(12-15)19(24)17-9-4-13(20)11-18(17)21/h4-9,11,15,22H,2-3,10,12H2,1H3. The predicted molar refractivity (Wildman–Crippen MR) is 97.0 cm³/mol. The lowest BCUT2D eigenvalue weighted by Crippen LogP contribution is -2.45. The monoisotopic (exact) mass is 362 g/mol. The number of piperidine rings is 1. The molecule has 1 unspecified atom stereocenters. The molecule has 0 aliphatic carbocycles. The molecule has 2 aromatic rings. The third kappa shape index (κ3) is 4.23. The number of ether oxygens (including phenoxy) is 1. The third-order valence-electron chi connectivity index (χ3n) is 4.33. The van der Waals surface area contributed by atoms with Gasteiger partial charge in [0.2, 0.25) is 0 Å². The first-order chi connectivity index (χ1) is 12.1. The van der Waals surface area contributed by atoms with Crippen molar-refractivity contribution in [3.63, 3.8) is 0 Å². The quantitative estimate of drug-likeness (QED) is 0.886. The molecule has 1 saturated heterocycles. The number of nitrogens with zero attached hydrogens (tertiary/aromatic N) is 1. The van der Waals surface area contributed by atoms with E-state index >= 15 is 0 Å². The zero-order chi connectivity index (χ0) is 17.8. The molecule has 1 aliphatic heterocycles. The van der Waals surface area contributed by atoms with Gasteiger partial charge >= 0.3 is 0 Å². The molecule has 1 amide bonds. The van der Waals surface area contributed by atoms with Crippen LogP contribution in [0.4, 0.5) is 10.1 Å². The SMILES string of the molecule is COc1ccc(NC2CCCN(C(=O)c3ccc(Cl)cc3F)C2)cc1. The van der Waals surface area contributed by atoms with Crippen molar-refractivity contribution in [2.24, 2.45) is 0 Å². The molecule has 132 valence electrons. The van der Waals surface area contributed by atoms with Crippen LogP contribution in [-0.2, 0) is 0 Å². The number of anilines is 1. The second-order valence-electron chi connectivity index (χ2n) is 6.09. The van der Waals surface area contributed by atoms with Gasteiger partial charge in [-0.3, -0.25) is 4.79 Å². The number of hydrogen-bond donors (Lipinski definition) is 1. The van der Waals surface area contributed by atoms with Crippen molar-refractivity contribution in [3.05, 3.63) is 58.9 Å². The topological polar surface area (TPSA) is 41.6 Å². The Morgan fingerprint density at radius 3 is 2.72 bits per heavy atom. The summed E-state index contributed by atoms with van der Waals surface area (Å²) in [5.41, 5.74) is 1.03. The molecule has 4 nitrogen and oxygen atoms in total. The van der Waals surface area contributed by atoms with E-state index in [1.54, 1.807) is 12.0 Å². The van der Waals surface area contributed by atoms with Crippen molar-refractivity contribution in [2.75, 3.05) is 25.5 Å². The molecule has 6 heteroatoms. The fourth-order valence-corrected chi connectivity index (χ4v) is 3.19. The number of amides is 1. The summed E-state index contributed by atoms with van der Waals surface area (Å²) in [5, 5.41) is 3.71. The Balaban J connectivity index is 1.66. The summed E-state index contributed by atoms with van der Waals surface area (Å²) in [5.74, 6) is -0.0812. The number of rotatable bonds is 4. The number of methoxy groups -OCH3 is 1. The maximum Gasteiger partial charge on any atom is 0.256 e. The summed E-state index contributed by atoms with van der Waals surface area (Å²) in [6.07, 6.45) is 1.83. The summed E-state index contributed by atoms with van der Waals surface area (Å²) in [4.78, 5) is 14.3. The normalized spacial score (nSPS) is 17.2. The van der Waals surface area contributed by atoms with Crippen molar-refractivity contribution < 1.29 is 13.9 Å². The van der Waals surface area contributed by atoms with E-state index in [-0.39, 0.29) is 22.5 Å². The molecule has 1 fully saturated rings. The Bertz CT molecular complexity index is 752. The maximum atomic E-state index is 14.0. The highest BCUT2D eigenvalue weighted by Gasteiger charge is 2.26. The molecule has 3 rings (SSSR count). The largest absolute Gasteiger partial charge is 0.497 e. The molecule has 0 spiro atoms. The molecule has 0 radical (unpaired) electrons. The lowest BCUT2D eigenvalue weighted by molar-refractivity contribution is 0.0710. The van der Waals surface area contributed by atoms with Gasteiger partial charge < -0.3 is 15.0 Å². The van der Waals surface area contributed by atoms with Gasteiger partial charge in [0, 0.05) is 29.8 Å². The van der Waals surface area contributed by atoms with Crippen molar-refractivity contribution >= 4 is 23.2 Å². The molecule has 2 aromatic carbocycles. The molecular weight excluding hydrogens is 343 g/mol. The van der Waals surface area contributed by atoms with Crippen LogP contribution in [0.25, 0.3) is 0 Å². The van der Waals surface area contributed by atoms with E-state index in [1.807, 2.05) is 24.3 Å². The lowest BCUT2D eigenvalue weighted by Gasteiger charge is -2.34. The molecule has 1 N–H and O–H groups in total. The van der Waals surface area contributed by atoms with Crippen LogP contribution in [0, 0.1) is 5.82 Å². The minimum Gasteiger partial charge on any atom is -0.497 e. The summed E-state index contributed by atoms with van der Waals surface area (Å²) in [6.45, 7) is 1.16. The minimum absolute atomic E-state index is 0.0643. The number of nitrogens with one attached hydrogen (secondary N) is 1. The first-order valence-electron chi connectivity index (χ1n) is 8.22. The fourth-order valence-electron chi connectivity index (χ4n) is 3.04. The Kier molecular flexibility index (Phi) is 5.43. The minimum atomic E-state index is -0.581. The van der Waals surface area contributed by atoms with Crippen LogP contribution < -0.4 is 10.1 Å². The smallest absolute Gasteiger partial charge is 0.256 e. The zero-order valence-corrected chi connectivity index (χ0v) is 14.7. The van der Waals surface area contributed by atoms with E-state index in [4.69, 9.17) is 16.3 Å². The molecule has 1 atom stereocenters. The molecule has 0 aromatic heterocycles. The third-order valence-corrected chi connectivity index (χ3v) is 4.57. The summed E-state index contributed by atoms with van der Waals surface area (Å²) >= 11 is 5.76. The number of halogens is 2. The summed E-state index contributed by atoms with van der Waals surface area (Å²) in [6, 6.07) is 11.9. The van der Waals surface area contributed by atoms with Gasteiger partial charge in [0.25, 0.3) is 5.91 Å². The number of carbonyl (C=O) groups excluding carboxylic acids is 1. The molecular formula is C19H20ClFN2O2. The predicted octanol–water partition coefficient (Wildman–Crippen LogP) is 4.20. The number of carbonyl (C=O) groups is 1. The summed E-state index contributed by atoms with van der Waals surface area (Å²) in [7, 11) is 1.63. The van der Waals surface area contributed by atoms with Crippen LogP contribution >= 0.6 is 11.6 Å². The van der Waals surface area contributed by atoms with E-state index in [0.717, 1.165) is 24.3 Å². The molecule has 1 heterocycles. The van der Waals surface area contributed by atoms with Crippen LogP contribution in [0.15, 0.2) is 42.5 Å². The second kappa shape index (κ2) is 7.74. The van der Waals surface area contributed by atoms with Crippen LogP contribution in [0.1, 0.15) is 23.2 Å². The van der Waals surface area contributed by atoms with E-state index in [2.05, 4.69) is 5.32 Å². The van der Waals surface area contributed by atoms with E-state index in [0.29, 0.717) is 13.1 Å². The lowest BCUT2D eigenvalue weighted by atomic mass is 10.0. The van der Waals surface area contributed by atoms with E-state index in [1.165, 1.54) is 18.2 Å². The Labute approximate surface area is 151 Å². The van der Waals surface area contributed by atoms with Gasteiger partial charge in [-0.2, -0.15) is 0 Å². The van der Waals surface area contributed by atoms with Crippen molar-refractivity contribution in [1.29, 1.82) is 0 Å². The van der Waals surface area contributed by atoms with Crippen LogP contribution in [-0.4, -0.2) is 37.0 Å². The van der Waals surface area contributed by atoms with Gasteiger partial charge in [-0.1, -0.05) is 11.6 Å². The van der Waals surface area contributed by atoms with Crippen LogP contribution in [0.5, 0.6) is 5.75 Å². The first-order valence-corrected chi connectivity index (χ1v) is 8.59. The highest BCUT2D eigenvalue weighted by Crippen LogP contribution is 2.22. The molecule has 25 heavy (non-hydrogen) atoms. The fraction of sp³-hybridized carbons (Fsp3) is 0.316. The zero-order valence-electron chi connectivity index (χ0n) is 14.0. The molecule has 0 saturated carbocycles. The average Bonchev–Trinajstić information content (AvgIpc) is 2.62. The van der Waals surface area contributed by atoms with Crippen LogP contribution in [0.3, 0.4) is 0 Å². The van der Waals surface area contributed by atoms with Crippen molar-refractivity contribution in [1.82, 2.24) is 4.90 Å². The highest BCUT2D eigenvalue weighted by molar-refractivity contribution is 6.30. The Hall–Kier alpha value is -2.27.